The molecule has 0 aliphatic heterocycles. The molecule has 0 N–H and O–H groups in total. The van der Waals surface area contributed by atoms with E-state index in [0.717, 1.165) is 10.0 Å². The van der Waals surface area contributed by atoms with Crippen LogP contribution in [0.2, 0.25) is 10.0 Å². The zero-order valence-electron chi connectivity index (χ0n) is 12.4. The summed E-state index contributed by atoms with van der Waals surface area (Å²) in [7, 11) is 0. The number of halogens is 3. The van der Waals surface area contributed by atoms with Crippen LogP contribution in [-0.2, 0) is 5.41 Å². The van der Waals surface area contributed by atoms with E-state index in [2.05, 4.69) is 36.7 Å². The number of esters is 1. The highest BCUT2D eigenvalue weighted by Gasteiger charge is 2.18. The van der Waals surface area contributed by atoms with Crippen molar-refractivity contribution in [1.29, 1.82) is 0 Å². The molecule has 0 fully saturated rings. The molecule has 0 heterocycles. The normalized spacial score (nSPS) is 11.4. The number of rotatable bonds is 2. The van der Waals surface area contributed by atoms with Gasteiger partial charge >= 0.3 is 5.97 Å². The zero-order chi connectivity index (χ0) is 16.5. The fourth-order valence-corrected chi connectivity index (χ4v) is 2.81. The second-order valence-corrected chi connectivity index (χ2v) is 7.61. The molecule has 116 valence electrons. The van der Waals surface area contributed by atoms with Crippen molar-refractivity contribution in [2.45, 2.75) is 26.2 Å². The predicted octanol–water partition coefficient (Wildman–Crippen LogP) is 6.27. The maximum absolute atomic E-state index is 12.2. The van der Waals surface area contributed by atoms with Gasteiger partial charge in [-0.3, -0.25) is 0 Å². The predicted molar refractivity (Wildman–Crippen MR) is 94.3 cm³/mol. The van der Waals surface area contributed by atoms with Crippen LogP contribution in [0.25, 0.3) is 0 Å². The Morgan fingerprint density at radius 2 is 1.77 bits per heavy atom. The first kappa shape index (κ1) is 17.3. The van der Waals surface area contributed by atoms with E-state index in [1.165, 1.54) is 6.07 Å². The third-order valence-electron chi connectivity index (χ3n) is 3.15. The maximum atomic E-state index is 12.2. The molecule has 0 unspecified atom stereocenters. The smallest absolute Gasteiger partial charge is 0.345 e. The average molecular weight is 402 g/mol. The SMILES string of the molecule is CC(C)(C)c1ccc(OC(=O)c2ccc(Cl)cc2Cl)c(Br)c1. The van der Waals surface area contributed by atoms with Gasteiger partial charge in [-0.15, -0.1) is 0 Å². The number of ether oxygens (including phenoxy) is 1. The van der Waals surface area contributed by atoms with E-state index in [1.807, 2.05) is 12.1 Å². The Balaban J connectivity index is 2.25. The Labute approximate surface area is 148 Å². The van der Waals surface area contributed by atoms with Gasteiger partial charge in [0, 0.05) is 5.02 Å². The van der Waals surface area contributed by atoms with Crippen molar-refractivity contribution in [2.75, 3.05) is 0 Å². The van der Waals surface area contributed by atoms with Crippen molar-refractivity contribution < 1.29 is 9.53 Å². The van der Waals surface area contributed by atoms with Gasteiger partial charge in [-0.1, -0.05) is 50.0 Å². The van der Waals surface area contributed by atoms with Gasteiger partial charge in [0.25, 0.3) is 0 Å². The van der Waals surface area contributed by atoms with Crippen molar-refractivity contribution >= 4 is 45.1 Å². The largest absolute Gasteiger partial charge is 0.422 e. The minimum Gasteiger partial charge on any atom is -0.422 e. The number of carbonyl (C=O) groups is 1. The van der Waals surface area contributed by atoms with Gasteiger partial charge < -0.3 is 4.74 Å². The molecular weight excluding hydrogens is 387 g/mol. The molecular formula is C17H15BrCl2O2. The summed E-state index contributed by atoms with van der Waals surface area (Å²) < 4.78 is 6.13. The van der Waals surface area contributed by atoms with Gasteiger partial charge in [0.05, 0.1) is 15.1 Å². The molecule has 0 atom stereocenters. The first-order valence-electron chi connectivity index (χ1n) is 6.66. The van der Waals surface area contributed by atoms with E-state index >= 15 is 0 Å². The molecule has 2 aromatic rings. The third-order valence-corrected chi connectivity index (χ3v) is 4.32. The lowest BCUT2D eigenvalue weighted by atomic mass is 9.87. The zero-order valence-corrected chi connectivity index (χ0v) is 15.5. The maximum Gasteiger partial charge on any atom is 0.345 e. The van der Waals surface area contributed by atoms with Crippen molar-refractivity contribution in [3.63, 3.8) is 0 Å². The lowest BCUT2D eigenvalue weighted by molar-refractivity contribution is 0.0733. The highest BCUT2D eigenvalue weighted by molar-refractivity contribution is 9.10. The molecule has 2 aromatic carbocycles. The lowest BCUT2D eigenvalue weighted by Crippen LogP contribution is -2.12. The van der Waals surface area contributed by atoms with Crippen LogP contribution in [0.3, 0.4) is 0 Å². The monoisotopic (exact) mass is 400 g/mol. The Bertz CT molecular complexity index is 721. The fraction of sp³-hybridized carbons (Fsp3) is 0.235. The summed E-state index contributed by atoms with van der Waals surface area (Å²) in [6.07, 6.45) is 0. The van der Waals surface area contributed by atoms with Gasteiger partial charge in [-0.05, 0) is 57.2 Å². The minimum atomic E-state index is -0.522. The molecule has 22 heavy (non-hydrogen) atoms. The Morgan fingerprint density at radius 3 is 2.32 bits per heavy atom. The van der Waals surface area contributed by atoms with Crippen LogP contribution in [0.5, 0.6) is 5.75 Å². The minimum absolute atomic E-state index is 0.0184. The van der Waals surface area contributed by atoms with Crippen molar-refractivity contribution in [3.05, 3.63) is 62.0 Å². The summed E-state index contributed by atoms with van der Waals surface area (Å²) >= 11 is 15.3. The number of hydrogen-bond acceptors (Lipinski definition) is 2. The summed E-state index contributed by atoms with van der Waals surface area (Å²) in [5, 5.41) is 0.734. The van der Waals surface area contributed by atoms with Crippen LogP contribution < -0.4 is 4.74 Å². The summed E-state index contributed by atoms with van der Waals surface area (Å²) in [5.74, 6) is -0.0742. The van der Waals surface area contributed by atoms with Gasteiger partial charge in [0.1, 0.15) is 5.75 Å². The fourth-order valence-electron chi connectivity index (χ4n) is 1.86. The number of hydrogen-bond donors (Lipinski definition) is 0. The Morgan fingerprint density at radius 1 is 1.09 bits per heavy atom. The van der Waals surface area contributed by atoms with E-state index in [9.17, 15) is 4.79 Å². The van der Waals surface area contributed by atoms with Crippen LogP contribution in [0.15, 0.2) is 40.9 Å². The van der Waals surface area contributed by atoms with Crippen molar-refractivity contribution in [2.24, 2.45) is 0 Å². The Kier molecular flexibility index (Phi) is 5.21. The molecule has 2 nitrogen and oxygen atoms in total. The molecule has 0 aliphatic rings. The van der Waals surface area contributed by atoms with E-state index in [0.29, 0.717) is 10.8 Å². The third kappa shape index (κ3) is 4.03. The quantitative estimate of drug-likeness (QED) is 0.437. The standard InChI is InChI=1S/C17H15BrCl2O2/c1-17(2,3)10-4-7-15(13(18)8-10)22-16(21)12-6-5-11(19)9-14(12)20/h4-9H,1-3H3. The molecule has 0 aliphatic carbocycles. The highest BCUT2D eigenvalue weighted by Crippen LogP contribution is 2.32. The van der Waals surface area contributed by atoms with Crippen LogP contribution >= 0.6 is 39.1 Å². The van der Waals surface area contributed by atoms with Gasteiger partial charge in [-0.2, -0.15) is 0 Å². The summed E-state index contributed by atoms with van der Waals surface area (Å²) in [4.78, 5) is 12.2. The average Bonchev–Trinajstić information content (AvgIpc) is 2.39. The molecule has 0 amide bonds. The Hall–Kier alpha value is -1.03. The van der Waals surface area contributed by atoms with E-state index in [4.69, 9.17) is 27.9 Å². The van der Waals surface area contributed by atoms with Gasteiger partial charge in [-0.25, -0.2) is 4.79 Å². The van der Waals surface area contributed by atoms with Crippen LogP contribution in [-0.4, -0.2) is 5.97 Å². The van der Waals surface area contributed by atoms with E-state index in [-0.39, 0.29) is 16.0 Å². The molecule has 0 bridgehead atoms. The highest BCUT2D eigenvalue weighted by atomic mass is 79.9. The van der Waals surface area contributed by atoms with Crippen LogP contribution in [0, 0.1) is 0 Å². The van der Waals surface area contributed by atoms with Crippen molar-refractivity contribution in [3.8, 4) is 5.75 Å². The molecule has 5 heteroatoms. The number of benzene rings is 2. The molecule has 0 spiro atoms. The molecule has 0 saturated heterocycles. The molecule has 0 aromatic heterocycles. The second-order valence-electron chi connectivity index (χ2n) is 5.91. The molecule has 2 rings (SSSR count). The second kappa shape index (κ2) is 6.61. The first-order valence-corrected chi connectivity index (χ1v) is 8.20. The van der Waals surface area contributed by atoms with Crippen LogP contribution in [0.1, 0.15) is 36.7 Å². The van der Waals surface area contributed by atoms with Gasteiger partial charge in [0.2, 0.25) is 0 Å². The number of carbonyl (C=O) groups excluding carboxylic acids is 1. The summed E-state index contributed by atoms with van der Waals surface area (Å²) in [6.45, 7) is 6.36. The summed E-state index contributed by atoms with van der Waals surface area (Å²) in [6, 6.07) is 10.3. The lowest BCUT2D eigenvalue weighted by Gasteiger charge is -2.20. The molecule has 0 radical (unpaired) electrons. The molecule has 0 saturated carbocycles. The van der Waals surface area contributed by atoms with Crippen LogP contribution in [0.4, 0.5) is 0 Å². The van der Waals surface area contributed by atoms with Crippen molar-refractivity contribution in [1.82, 2.24) is 0 Å². The van der Waals surface area contributed by atoms with Gasteiger partial charge in [0.15, 0.2) is 0 Å². The topological polar surface area (TPSA) is 26.3 Å². The van der Waals surface area contributed by atoms with E-state index in [1.54, 1.807) is 18.2 Å². The first-order chi connectivity index (χ1) is 10.2. The van der Waals surface area contributed by atoms with E-state index < -0.39 is 5.97 Å². The summed E-state index contributed by atoms with van der Waals surface area (Å²) in [5.41, 5.74) is 1.44.